The molecule has 0 aliphatic carbocycles. The highest BCUT2D eigenvalue weighted by Gasteiger charge is 2.14. The van der Waals surface area contributed by atoms with Gasteiger partial charge in [-0.15, -0.1) is 0 Å². The lowest BCUT2D eigenvalue weighted by molar-refractivity contribution is 0.0697. The zero-order valence-electron chi connectivity index (χ0n) is 15.1. The molecule has 28 heavy (non-hydrogen) atoms. The van der Waals surface area contributed by atoms with Crippen molar-refractivity contribution in [3.63, 3.8) is 0 Å². The van der Waals surface area contributed by atoms with Crippen molar-refractivity contribution in [1.29, 1.82) is 0 Å². The van der Waals surface area contributed by atoms with E-state index in [0.717, 1.165) is 16.9 Å². The Bertz CT molecular complexity index is 1060. The van der Waals surface area contributed by atoms with Crippen molar-refractivity contribution in [3.8, 4) is 16.9 Å². The Morgan fingerprint density at radius 1 is 0.893 bits per heavy atom. The Hall–Kier alpha value is -3.16. The van der Waals surface area contributed by atoms with Gasteiger partial charge in [0.1, 0.15) is 5.75 Å². The van der Waals surface area contributed by atoms with Crippen LogP contribution in [-0.2, 0) is 16.6 Å². The molecule has 0 unspecified atom stereocenters. The molecule has 0 aliphatic rings. The molecule has 0 heterocycles. The highest BCUT2D eigenvalue weighted by molar-refractivity contribution is 7.89. The summed E-state index contributed by atoms with van der Waals surface area (Å²) in [5, 5.41) is 8.90. The molecule has 7 heteroatoms. The van der Waals surface area contributed by atoms with Gasteiger partial charge >= 0.3 is 5.97 Å². The summed E-state index contributed by atoms with van der Waals surface area (Å²) >= 11 is 0. The van der Waals surface area contributed by atoms with E-state index >= 15 is 0 Å². The monoisotopic (exact) mass is 397 g/mol. The Balaban J connectivity index is 1.70. The van der Waals surface area contributed by atoms with Gasteiger partial charge in [0.25, 0.3) is 0 Å². The molecule has 3 aromatic rings. The Labute approximate surface area is 163 Å². The number of aromatic carboxylic acids is 1. The second-order valence-corrected chi connectivity index (χ2v) is 7.85. The van der Waals surface area contributed by atoms with Crippen molar-refractivity contribution < 1.29 is 23.1 Å². The minimum Gasteiger partial charge on any atom is -0.497 e. The number of nitrogens with one attached hydrogen (secondary N) is 1. The number of methoxy groups -OCH3 is 1. The molecule has 0 radical (unpaired) electrons. The third kappa shape index (κ3) is 4.57. The normalized spacial score (nSPS) is 11.2. The van der Waals surface area contributed by atoms with E-state index in [1.807, 2.05) is 24.3 Å². The summed E-state index contributed by atoms with van der Waals surface area (Å²) in [6.45, 7) is 0.0719. The minimum atomic E-state index is -3.68. The molecule has 144 valence electrons. The van der Waals surface area contributed by atoms with E-state index in [1.165, 1.54) is 12.1 Å². The van der Waals surface area contributed by atoms with E-state index < -0.39 is 16.0 Å². The summed E-state index contributed by atoms with van der Waals surface area (Å²) in [7, 11) is -2.08. The molecule has 0 fully saturated rings. The molecule has 0 amide bonds. The molecule has 3 aromatic carbocycles. The average molecular weight is 397 g/mol. The van der Waals surface area contributed by atoms with E-state index in [2.05, 4.69) is 4.72 Å². The maximum absolute atomic E-state index is 12.5. The lowest BCUT2D eigenvalue weighted by Crippen LogP contribution is -2.23. The van der Waals surface area contributed by atoms with Crippen molar-refractivity contribution in [2.45, 2.75) is 11.4 Å². The van der Waals surface area contributed by atoms with Gasteiger partial charge in [-0.3, -0.25) is 0 Å². The first-order valence-corrected chi connectivity index (χ1v) is 9.94. The molecule has 6 nitrogen and oxygen atoms in total. The molecule has 0 spiro atoms. The lowest BCUT2D eigenvalue weighted by atomic mass is 10.1. The summed E-state index contributed by atoms with van der Waals surface area (Å²) in [5.41, 5.74) is 2.67. The lowest BCUT2D eigenvalue weighted by Gasteiger charge is -2.09. The summed E-state index contributed by atoms with van der Waals surface area (Å²) in [6, 6.07) is 20.1. The van der Waals surface area contributed by atoms with Crippen molar-refractivity contribution in [1.82, 2.24) is 4.72 Å². The number of carboxylic acid groups (broad SMARTS) is 1. The topological polar surface area (TPSA) is 92.7 Å². The van der Waals surface area contributed by atoms with E-state index in [-0.39, 0.29) is 17.0 Å². The fourth-order valence-corrected chi connectivity index (χ4v) is 3.65. The molecule has 0 saturated heterocycles. The molecular formula is C21H19NO5S. The van der Waals surface area contributed by atoms with Gasteiger partial charge in [-0.1, -0.05) is 36.4 Å². The number of hydrogen-bond donors (Lipinski definition) is 2. The van der Waals surface area contributed by atoms with Gasteiger partial charge in [-0.05, 0) is 53.1 Å². The van der Waals surface area contributed by atoms with E-state index in [1.54, 1.807) is 43.5 Å². The van der Waals surface area contributed by atoms with E-state index in [9.17, 15) is 13.2 Å². The third-order valence-corrected chi connectivity index (χ3v) is 5.67. The largest absolute Gasteiger partial charge is 0.497 e. The number of sulfonamides is 1. The SMILES string of the molecule is COc1ccc(-c2ccc(S(=O)(=O)NCc3ccc(C(=O)O)cc3)cc2)cc1. The van der Waals surface area contributed by atoms with Crippen LogP contribution >= 0.6 is 0 Å². The first-order chi connectivity index (χ1) is 13.4. The quantitative estimate of drug-likeness (QED) is 0.636. The Kier molecular flexibility index (Phi) is 5.77. The van der Waals surface area contributed by atoms with E-state index in [0.29, 0.717) is 5.56 Å². The van der Waals surface area contributed by atoms with Crippen LogP contribution in [0.25, 0.3) is 11.1 Å². The number of benzene rings is 3. The average Bonchev–Trinajstić information content (AvgIpc) is 2.73. The minimum absolute atomic E-state index is 0.0719. The first kappa shape index (κ1) is 19.6. The number of carbonyl (C=O) groups is 1. The van der Waals surface area contributed by atoms with Crippen LogP contribution in [0.4, 0.5) is 0 Å². The number of rotatable bonds is 7. The molecule has 0 aliphatic heterocycles. The summed E-state index contributed by atoms with van der Waals surface area (Å²) < 4.78 is 32.6. The fourth-order valence-electron chi connectivity index (χ4n) is 2.64. The van der Waals surface area contributed by atoms with Crippen LogP contribution in [0, 0.1) is 0 Å². The molecule has 0 atom stereocenters. The molecule has 0 bridgehead atoms. The zero-order chi connectivity index (χ0) is 20.1. The predicted octanol–water partition coefficient (Wildman–Crippen LogP) is 3.54. The van der Waals surface area contributed by atoms with Crippen molar-refractivity contribution >= 4 is 16.0 Å². The third-order valence-electron chi connectivity index (χ3n) is 4.26. The van der Waals surface area contributed by atoms with Crippen molar-refractivity contribution in [2.75, 3.05) is 7.11 Å². The van der Waals surface area contributed by atoms with Gasteiger partial charge in [-0.25, -0.2) is 17.9 Å². The number of hydrogen-bond acceptors (Lipinski definition) is 4. The van der Waals surface area contributed by atoms with E-state index in [4.69, 9.17) is 9.84 Å². The second kappa shape index (κ2) is 8.24. The summed E-state index contributed by atoms with van der Waals surface area (Å²) in [5.74, 6) is -0.271. The van der Waals surface area contributed by atoms with Gasteiger partial charge in [0.15, 0.2) is 0 Å². The molecule has 0 aromatic heterocycles. The van der Waals surface area contributed by atoms with Crippen LogP contribution in [0.5, 0.6) is 5.75 Å². The molecule has 3 rings (SSSR count). The van der Waals surface area contributed by atoms with Crippen LogP contribution in [0.2, 0.25) is 0 Å². The summed E-state index contributed by atoms with van der Waals surface area (Å²) in [6.07, 6.45) is 0. The maximum atomic E-state index is 12.5. The van der Waals surface area contributed by atoms with Crippen LogP contribution in [0.15, 0.2) is 77.7 Å². The van der Waals surface area contributed by atoms with Gasteiger partial charge in [0.2, 0.25) is 10.0 Å². The smallest absolute Gasteiger partial charge is 0.335 e. The zero-order valence-corrected chi connectivity index (χ0v) is 15.9. The second-order valence-electron chi connectivity index (χ2n) is 6.08. The number of carboxylic acids is 1. The molecular weight excluding hydrogens is 378 g/mol. The maximum Gasteiger partial charge on any atom is 0.335 e. The standard InChI is InChI=1S/C21H19NO5S/c1-27-19-10-6-16(7-11-19)17-8-12-20(13-9-17)28(25,26)22-14-15-2-4-18(5-3-15)21(23)24/h2-13,22H,14H2,1H3,(H,23,24). The van der Waals surface area contributed by atoms with Gasteiger partial charge in [0.05, 0.1) is 17.6 Å². The molecule has 2 N–H and O–H groups in total. The van der Waals surface area contributed by atoms with Gasteiger partial charge < -0.3 is 9.84 Å². The van der Waals surface area contributed by atoms with Crippen molar-refractivity contribution in [3.05, 3.63) is 83.9 Å². The Morgan fingerprint density at radius 2 is 1.43 bits per heavy atom. The number of ether oxygens (including phenoxy) is 1. The van der Waals surface area contributed by atoms with Crippen LogP contribution in [0.1, 0.15) is 15.9 Å². The van der Waals surface area contributed by atoms with Gasteiger partial charge in [0, 0.05) is 6.54 Å². The highest BCUT2D eigenvalue weighted by atomic mass is 32.2. The Morgan fingerprint density at radius 3 is 1.93 bits per heavy atom. The first-order valence-electron chi connectivity index (χ1n) is 8.45. The fraction of sp³-hybridized carbons (Fsp3) is 0.0952. The van der Waals surface area contributed by atoms with Crippen LogP contribution in [-0.4, -0.2) is 26.6 Å². The van der Waals surface area contributed by atoms with Crippen molar-refractivity contribution in [2.24, 2.45) is 0 Å². The highest BCUT2D eigenvalue weighted by Crippen LogP contribution is 2.23. The van der Waals surface area contributed by atoms with Crippen LogP contribution in [0.3, 0.4) is 0 Å². The molecule has 0 saturated carbocycles. The predicted molar refractivity (Wildman–Crippen MR) is 106 cm³/mol. The van der Waals surface area contributed by atoms with Gasteiger partial charge in [-0.2, -0.15) is 0 Å². The van der Waals surface area contributed by atoms with Crippen LogP contribution < -0.4 is 9.46 Å². The summed E-state index contributed by atoms with van der Waals surface area (Å²) in [4.78, 5) is 11.0.